The van der Waals surface area contributed by atoms with E-state index < -0.39 is 17.6 Å². The number of carbonyl (C=O) groups is 2. The van der Waals surface area contributed by atoms with Gasteiger partial charge in [-0.2, -0.15) is 0 Å². The smallest absolute Gasteiger partial charge is 0.344 e. The largest absolute Gasteiger partial charge is 0.497 e. The zero-order chi connectivity index (χ0) is 21.3. The average molecular weight is 403 g/mol. The van der Waals surface area contributed by atoms with E-state index in [0.29, 0.717) is 38.9 Å². The van der Waals surface area contributed by atoms with Crippen molar-refractivity contribution in [2.45, 2.75) is 0 Å². The average Bonchev–Trinajstić information content (AvgIpc) is 2.74. The maximum Gasteiger partial charge on any atom is 0.344 e. The van der Waals surface area contributed by atoms with Crippen LogP contribution in [0.5, 0.6) is 5.75 Å². The fourth-order valence-corrected chi connectivity index (χ4v) is 3.13. The highest BCUT2D eigenvalue weighted by Gasteiger charge is 2.12. The highest BCUT2D eigenvalue weighted by molar-refractivity contribution is 6.09. The van der Waals surface area contributed by atoms with Crippen LogP contribution >= 0.6 is 0 Å². The summed E-state index contributed by atoms with van der Waals surface area (Å²) in [4.78, 5) is 36.1. The molecular weight excluding hydrogens is 386 g/mol. The van der Waals surface area contributed by atoms with Gasteiger partial charge in [0.2, 0.25) is 5.91 Å². The van der Waals surface area contributed by atoms with E-state index >= 15 is 0 Å². The summed E-state index contributed by atoms with van der Waals surface area (Å²) in [5, 5.41) is 6.84. The van der Waals surface area contributed by atoms with Crippen molar-refractivity contribution >= 4 is 45.1 Å². The number of anilines is 2. The van der Waals surface area contributed by atoms with Crippen LogP contribution < -0.4 is 26.7 Å². The van der Waals surface area contributed by atoms with Gasteiger partial charge in [0, 0.05) is 27.7 Å². The first kappa shape index (κ1) is 19.0. The molecule has 4 N–H and O–H groups in total. The van der Waals surface area contributed by atoms with Gasteiger partial charge in [-0.05, 0) is 60.7 Å². The molecule has 1 heterocycles. The Morgan fingerprint density at radius 3 is 2.27 bits per heavy atom. The van der Waals surface area contributed by atoms with Crippen LogP contribution in [0.2, 0.25) is 0 Å². The minimum absolute atomic E-state index is 0.269. The van der Waals surface area contributed by atoms with Crippen LogP contribution in [0.1, 0.15) is 10.4 Å². The summed E-state index contributed by atoms with van der Waals surface area (Å²) in [6.45, 7) is 0. The number of fused-ring (bicyclic) bond motifs is 3. The Morgan fingerprint density at radius 1 is 0.867 bits per heavy atom. The number of benzene rings is 3. The zero-order valence-corrected chi connectivity index (χ0v) is 15.9. The molecule has 1 aromatic heterocycles. The fraction of sp³-hybridized carbons (Fsp3) is 0.0455. The lowest BCUT2D eigenvalue weighted by molar-refractivity contribution is 0.100. The minimum Gasteiger partial charge on any atom is -0.497 e. The molecule has 3 aromatic carbocycles. The second-order valence-electron chi connectivity index (χ2n) is 6.53. The van der Waals surface area contributed by atoms with E-state index in [9.17, 15) is 14.4 Å². The molecule has 150 valence electrons. The van der Waals surface area contributed by atoms with Gasteiger partial charge < -0.3 is 25.5 Å². The third-order valence-corrected chi connectivity index (χ3v) is 4.60. The molecule has 0 aliphatic heterocycles. The van der Waals surface area contributed by atoms with Crippen LogP contribution in [-0.2, 0) is 0 Å². The van der Waals surface area contributed by atoms with Crippen molar-refractivity contribution < 1.29 is 18.7 Å². The maximum absolute atomic E-state index is 12.3. The summed E-state index contributed by atoms with van der Waals surface area (Å²) in [5.41, 5.74) is 6.51. The number of primary amides is 1. The van der Waals surface area contributed by atoms with Gasteiger partial charge in [0.1, 0.15) is 11.3 Å². The van der Waals surface area contributed by atoms with E-state index in [1.165, 1.54) is 18.2 Å². The van der Waals surface area contributed by atoms with Crippen molar-refractivity contribution in [3.8, 4) is 5.75 Å². The quantitative estimate of drug-likeness (QED) is 0.354. The fourth-order valence-electron chi connectivity index (χ4n) is 3.13. The number of amides is 3. The summed E-state index contributed by atoms with van der Waals surface area (Å²) in [6.07, 6.45) is 0. The third-order valence-electron chi connectivity index (χ3n) is 4.60. The van der Waals surface area contributed by atoms with Crippen LogP contribution in [0.15, 0.2) is 69.9 Å². The summed E-state index contributed by atoms with van der Waals surface area (Å²) in [6, 6.07) is 15.8. The van der Waals surface area contributed by atoms with Gasteiger partial charge in [-0.3, -0.25) is 4.79 Å². The lowest BCUT2D eigenvalue weighted by atomic mass is 10.0. The number of urea groups is 1. The van der Waals surface area contributed by atoms with Crippen LogP contribution in [0, 0.1) is 0 Å². The molecule has 0 aliphatic carbocycles. The lowest BCUT2D eigenvalue weighted by Crippen LogP contribution is -2.19. The van der Waals surface area contributed by atoms with Crippen LogP contribution in [0.3, 0.4) is 0 Å². The molecule has 0 fully saturated rings. The van der Waals surface area contributed by atoms with Crippen molar-refractivity contribution in [2.24, 2.45) is 5.73 Å². The van der Waals surface area contributed by atoms with E-state index in [2.05, 4.69) is 10.6 Å². The molecule has 0 saturated heterocycles. The number of nitrogens with one attached hydrogen (secondary N) is 2. The molecule has 0 atom stereocenters. The summed E-state index contributed by atoms with van der Waals surface area (Å²) >= 11 is 0. The van der Waals surface area contributed by atoms with Crippen molar-refractivity contribution in [3.63, 3.8) is 0 Å². The second-order valence-corrected chi connectivity index (χ2v) is 6.53. The van der Waals surface area contributed by atoms with Crippen molar-refractivity contribution in [1.29, 1.82) is 0 Å². The van der Waals surface area contributed by atoms with Gasteiger partial charge >= 0.3 is 11.7 Å². The Labute approximate surface area is 170 Å². The first-order chi connectivity index (χ1) is 14.4. The number of hydrogen-bond donors (Lipinski definition) is 3. The number of rotatable bonds is 4. The maximum atomic E-state index is 12.3. The normalized spacial score (nSPS) is 10.7. The highest BCUT2D eigenvalue weighted by atomic mass is 16.5. The van der Waals surface area contributed by atoms with Gasteiger partial charge in [0.05, 0.1) is 12.5 Å². The van der Waals surface area contributed by atoms with Crippen molar-refractivity contribution in [1.82, 2.24) is 0 Å². The van der Waals surface area contributed by atoms with E-state index in [-0.39, 0.29) is 5.56 Å². The molecule has 0 saturated carbocycles. The molecule has 8 nitrogen and oxygen atoms in total. The van der Waals surface area contributed by atoms with Crippen LogP contribution in [0.4, 0.5) is 16.2 Å². The van der Waals surface area contributed by atoms with Crippen molar-refractivity contribution in [2.75, 3.05) is 17.7 Å². The molecule has 0 radical (unpaired) electrons. The molecule has 30 heavy (non-hydrogen) atoms. The van der Waals surface area contributed by atoms with Gasteiger partial charge in [0.25, 0.3) is 0 Å². The van der Waals surface area contributed by atoms with Gasteiger partial charge in [0.15, 0.2) is 0 Å². The predicted octanol–water partition coefficient (Wildman–Crippen LogP) is 3.70. The number of hydrogen-bond acceptors (Lipinski definition) is 5. The molecule has 0 spiro atoms. The number of ether oxygens (including phenoxy) is 1. The highest BCUT2D eigenvalue weighted by Crippen LogP contribution is 2.27. The molecule has 4 rings (SSSR count). The topological polar surface area (TPSA) is 124 Å². The standard InChI is InChI=1S/C22H17N3O5/c1-29-15-6-3-13(4-7-15)24-22(28)25-14-5-9-19-18(11-14)17-10-12(20(23)26)2-8-16(17)21(27)30-19/h2-11H,1H3,(H2,23,26)(H2,24,25,28). The Morgan fingerprint density at radius 2 is 1.57 bits per heavy atom. The van der Waals surface area contributed by atoms with Crippen molar-refractivity contribution in [3.05, 3.63) is 76.6 Å². The number of carbonyl (C=O) groups excluding carboxylic acids is 2. The van der Waals surface area contributed by atoms with Crippen LogP contribution in [0.25, 0.3) is 21.7 Å². The second kappa shape index (κ2) is 7.59. The monoisotopic (exact) mass is 403 g/mol. The summed E-state index contributed by atoms with van der Waals surface area (Å²) < 4.78 is 10.4. The Balaban J connectivity index is 1.67. The summed E-state index contributed by atoms with van der Waals surface area (Å²) in [7, 11) is 1.56. The molecule has 0 unspecified atom stereocenters. The molecule has 0 bridgehead atoms. The molecular formula is C22H17N3O5. The van der Waals surface area contributed by atoms with Gasteiger partial charge in [-0.15, -0.1) is 0 Å². The van der Waals surface area contributed by atoms with Crippen LogP contribution in [-0.4, -0.2) is 19.0 Å². The van der Waals surface area contributed by atoms with Gasteiger partial charge in [-0.25, -0.2) is 9.59 Å². The molecule has 4 aromatic rings. The molecule has 3 amide bonds. The van der Waals surface area contributed by atoms with E-state index in [4.69, 9.17) is 14.9 Å². The molecule has 0 aliphatic rings. The Kier molecular flexibility index (Phi) is 4.81. The van der Waals surface area contributed by atoms with Gasteiger partial charge in [-0.1, -0.05) is 0 Å². The lowest BCUT2D eigenvalue weighted by Gasteiger charge is -2.10. The minimum atomic E-state index is -0.605. The molecule has 8 heteroatoms. The Hall–Kier alpha value is -4.33. The SMILES string of the molecule is COc1ccc(NC(=O)Nc2ccc3oc(=O)c4ccc(C(N)=O)cc4c3c2)cc1. The first-order valence-corrected chi connectivity index (χ1v) is 8.97. The van der Waals surface area contributed by atoms with E-state index in [1.54, 1.807) is 49.6 Å². The third kappa shape index (κ3) is 3.66. The Bertz CT molecular complexity index is 1340. The zero-order valence-electron chi connectivity index (χ0n) is 15.9. The summed E-state index contributed by atoms with van der Waals surface area (Å²) in [5.74, 6) is 0.0747. The first-order valence-electron chi connectivity index (χ1n) is 8.97. The predicted molar refractivity (Wildman–Crippen MR) is 114 cm³/mol. The number of methoxy groups -OCH3 is 1. The number of nitrogens with two attached hydrogens (primary N) is 1. The van der Waals surface area contributed by atoms with E-state index in [0.717, 1.165) is 0 Å². The van der Waals surface area contributed by atoms with E-state index in [1.807, 2.05) is 0 Å².